The van der Waals surface area contributed by atoms with Gasteiger partial charge in [-0.1, -0.05) is 24.3 Å². The molecule has 0 fully saturated rings. The molecule has 0 radical (unpaired) electrons. The lowest BCUT2D eigenvalue weighted by atomic mass is 10.0. The van der Waals surface area contributed by atoms with E-state index in [1.165, 1.54) is 0 Å². The summed E-state index contributed by atoms with van der Waals surface area (Å²) in [5.41, 5.74) is 4.49. The molecule has 1 atom stereocenters. The van der Waals surface area contributed by atoms with Crippen molar-refractivity contribution in [3.8, 4) is 0 Å². The number of rotatable bonds is 8. The Labute approximate surface area is 173 Å². The molecule has 1 unspecified atom stereocenters. The van der Waals surface area contributed by atoms with Crippen LogP contribution in [0, 0.1) is 0 Å². The van der Waals surface area contributed by atoms with E-state index >= 15 is 0 Å². The fourth-order valence-corrected chi connectivity index (χ4v) is 3.52. The zero-order valence-electron chi connectivity index (χ0n) is 16.3. The van der Waals surface area contributed by atoms with Crippen LogP contribution in [0.15, 0.2) is 48.5 Å². The van der Waals surface area contributed by atoms with Gasteiger partial charge in [0.05, 0.1) is 11.4 Å². The van der Waals surface area contributed by atoms with E-state index in [0.29, 0.717) is 37.9 Å². The minimum Gasteiger partial charge on any atom is -0.465 e. The standard InChI is InChI=1S/C21H24N4O5/c26-19(24-30)15-10-8-14(9-11-15)13-25-17-6-2-1-5-16(17)23-20(27)18(25)7-3-4-12-22-21(28)29/h1-2,5-6,8-11,18,22,30H,3-4,7,12-13H2,(H,23,27)(H,24,26)(H,28,29). The van der Waals surface area contributed by atoms with E-state index in [1.807, 2.05) is 29.2 Å². The van der Waals surface area contributed by atoms with Crippen LogP contribution in [0.3, 0.4) is 0 Å². The lowest BCUT2D eigenvalue weighted by Crippen LogP contribution is -2.47. The summed E-state index contributed by atoms with van der Waals surface area (Å²) in [6.07, 6.45) is 0.842. The van der Waals surface area contributed by atoms with Crippen molar-refractivity contribution in [2.75, 3.05) is 16.8 Å². The molecule has 1 heterocycles. The van der Waals surface area contributed by atoms with Crippen molar-refractivity contribution in [2.45, 2.75) is 31.8 Å². The summed E-state index contributed by atoms with van der Waals surface area (Å²) in [5.74, 6) is -0.687. The second-order valence-electron chi connectivity index (χ2n) is 7.02. The highest BCUT2D eigenvalue weighted by molar-refractivity contribution is 6.03. The van der Waals surface area contributed by atoms with E-state index in [4.69, 9.17) is 10.3 Å². The molecule has 158 valence electrons. The average molecular weight is 412 g/mol. The molecule has 0 spiro atoms. The number of hydrogen-bond acceptors (Lipinski definition) is 5. The maximum atomic E-state index is 12.8. The van der Waals surface area contributed by atoms with Gasteiger partial charge in [-0.25, -0.2) is 10.3 Å². The maximum absolute atomic E-state index is 12.8. The minimum atomic E-state index is -1.06. The van der Waals surface area contributed by atoms with E-state index in [-0.39, 0.29) is 5.91 Å². The molecule has 0 aromatic heterocycles. The number of unbranched alkanes of at least 4 members (excludes halogenated alkanes) is 1. The molecule has 3 amide bonds. The van der Waals surface area contributed by atoms with E-state index < -0.39 is 18.0 Å². The summed E-state index contributed by atoms with van der Waals surface area (Å²) in [6, 6.07) is 14.0. The minimum absolute atomic E-state index is 0.101. The number of nitrogens with zero attached hydrogens (tertiary/aromatic N) is 1. The Balaban J connectivity index is 1.76. The molecule has 0 saturated carbocycles. The summed E-state index contributed by atoms with van der Waals surface area (Å²) in [6.45, 7) is 0.804. The van der Waals surface area contributed by atoms with E-state index in [1.54, 1.807) is 29.7 Å². The Kier molecular flexibility index (Phi) is 6.87. The predicted molar refractivity (Wildman–Crippen MR) is 111 cm³/mol. The average Bonchev–Trinajstić information content (AvgIpc) is 2.74. The van der Waals surface area contributed by atoms with Crippen LogP contribution < -0.4 is 21.0 Å². The number of carbonyl (C=O) groups excluding carboxylic acids is 2. The highest BCUT2D eigenvalue weighted by Gasteiger charge is 2.32. The number of para-hydroxylation sites is 2. The molecule has 30 heavy (non-hydrogen) atoms. The van der Waals surface area contributed by atoms with E-state index in [9.17, 15) is 14.4 Å². The molecule has 0 saturated heterocycles. The van der Waals surface area contributed by atoms with Gasteiger partial charge in [-0.2, -0.15) is 0 Å². The first-order chi connectivity index (χ1) is 14.5. The molecule has 0 bridgehead atoms. The molecular weight excluding hydrogens is 388 g/mol. The molecule has 9 heteroatoms. The van der Waals surface area contributed by atoms with Crippen LogP contribution in [0.1, 0.15) is 35.2 Å². The number of anilines is 2. The zero-order valence-corrected chi connectivity index (χ0v) is 16.3. The van der Waals surface area contributed by atoms with Crippen LogP contribution in [-0.2, 0) is 11.3 Å². The molecule has 2 aromatic rings. The van der Waals surface area contributed by atoms with Crippen LogP contribution in [0.2, 0.25) is 0 Å². The molecular formula is C21H24N4O5. The van der Waals surface area contributed by atoms with Crippen molar-refractivity contribution in [3.63, 3.8) is 0 Å². The van der Waals surface area contributed by atoms with Gasteiger partial charge in [0.2, 0.25) is 5.91 Å². The largest absolute Gasteiger partial charge is 0.465 e. The van der Waals surface area contributed by atoms with Crippen molar-refractivity contribution < 1.29 is 24.7 Å². The lowest BCUT2D eigenvalue weighted by Gasteiger charge is -2.38. The van der Waals surface area contributed by atoms with Gasteiger partial charge in [-0.05, 0) is 49.1 Å². The van der Waals surface area contributed by atoms with E-state index in [0.717, 1.165) is 16.9 Å². The Morgan fingerprint density at radius 1 is 1.07 bits per heavy atom. The number of carbonyl (C=O) groups is 3. The highest BCUT2D eigenvalue weighted by atomic mass is 16.5. The smallest absolute Gasteiger partial charge is 0.404 e. The number of fused-ring (bicyclic) bond motifs is 1. The fourth-order valence-electron chi connectivity index (χ4n) is 3.52. The van der Waals surface area contributed by atoms with Crippen molar-refractivity contribution >= 4 is 29.3 Å². The first kappa shape index (κ1) is 21.1. The van der Waals surface area contributed by atoms with E-state index in [2.05, 4.69) is 10.6 Å². The second-order valence-corrected chi connectivity index (χ2v) is 7.02. The Hall–Kier alpha value is -3.59. The Morgan fingerprint density at radius 2 is 1.80 bits per heavy atom. The van der Waals surface area contributed by atoms with Gasteiger partial charge in [-0.3, -0.25) is 14.8 Å². The third-order valence-electron chi connectivity index (χ3n) is 5.00. The van der Waals surface area contributed by atoms with Gasteiger partial charge in [0.15, 0.2) is 0 Å². The van der Waals surface area contributed by atoms with Gasteiger partial charge in [0, 0.05) is 18.7 Å². The SMILES string of the molecule is O=C(O)NCCCCC1C(=O)Nc2ccccc2N1Cc1ccc(C(=O)NO)cc1. The molecule has 1 aliphatic heterocycles. The Morgan fingerprint density at radius 3 is 2.50 bits per heavy atom. The van der Waals surface area contributed by atoms with Gasteiger partial charge in [0.25, 0.3) is 5.91 Å². The molecule has 9 nitrogen and oxygen atoms in total. The monoisotopic (exact) mass is 412 g/mol. The molecule has 1 aliphatic rings. The van der Waals surface area contributed by atoms with Crippen molar-refractivity contribution in [1.82, 2.24) is 10.8 Å². The van der Waals surface area contributed by atoms with Crippen LogP contribution in [0.25, 0.3) is 0 Å². The third-order valence-corrected chi connectivity index (χ3v) is 5.00. The number of benzene rings is 2. The summed E-state index contributed by atoms with van der Waals surface area (Å²) in [4.78, 5) is 36.9. The number of hydroxylamine groups is 1. The van der Waals surface area contributed by atoms with Crippen LogP contribution in [0.4, 0.5) is 16.2 Å². The summed E-state index contributed by atoms with van der Waals surface area (Å²) in [7, 11) is 0. The lowest BCUT2D eigenvalue weighted by molar-refractivity contribution is -0.117. The van der Waals surface area contributed by atoms with Crippen molar-refractivity contribution in [3.05, 3.63) is 59.7 Å². The predicted octanol–water partition coefficient (Wildman–Crippen LogP) is 2.57. The van der Waals surface area contributed by atoms with Gasteiger partial charge < -0.3 is 20.6 Å². The quantitative estimate of drug-likeness (QED) is 0.257. The third kappa shape index (κ3) is 5.06. The zero-order chi connectivity index (χ0) is 21.5. The first-order valence-electron chi connectivity index (χ1n) is 9.66. The molecule has 3 rings (SSSR count). The molecule has 2 aromatic carbocycles. The Bertz CT molecular complexity index is 916. The number of carboxylic acid groups (broad SMARTS) is 1. The van der Waals surface area contributed by atoms with Crippen LogP contribution >= 0.6 is 0 Å². The summed E-state index contributed by atoms with van der Waals surface area (Å²) >= 11 is 0. The van der Waals surface area contributed by atoms with Crippen molar-refractivity contribution in [1.29, 1.82) is 0 Å². The van der Waals surface area contributed by atoms with Crippen LogP contribution in [0.5, 0.6) is 0 Å². The van der Waals surface area contributed by atoms with Crippen molar-refractivity contribution in [2.24, 2.45) is 0 Å². The fraction of sp³-hybridized carbons (Fsp3) is 0.286. The molecule has 5 N–H and O–H groups in total. The maximum Gasteiger partial charge on any atom is 0.404 e. The topological polar surface area (TPSA) is 131 Å². The second kappa shape index (κ2) is 9.75. The number of nitrogens with one attached hydrogen (secondary N) is 3. The van der Waals surface area contributed by atoms with Gasteiger partial charge in [-0.15, -0.1) is 0 Å². The van der Waals surface area contributed by atoms with Crippen LogP contribution in [-0.4, -0.2) is 40.8 Å². The summed E-state index contributed by atoms with van der Waals surface area (Å²) < 4.78 is 0. The summed E-state index contributed by atoms with van der Waals surface area (Å²) in [5, 5.41) is 22.7. The first-order valence-corrected chi connectivity index (χ1v) is 9.66. The number of hydrogen-bond donors (Lipinski definition) is 5. The highest BCUT2D eigenvalue weighted by Crippen LogP contribution is 2.34. The van der Waals surface area contributed by atoms with Gasteiger partial charge >= 0.3 is 6.09 Å². The van der Waals surface area contributed by atoms with Gasteiger partial charge in [0.1, 0.15) is 6.04 Å². The number of amides is 3. The molecule has 0 aliphatic carbocycles. The normalized spacial score (nSPS) is 15.2.